The Hall–Kier alpha value is -2.78. The number of fused-ring (bicyclic) bond motifs is 1. The van der Waals surface area contributed by atoms with Crippen molar-refractivity contribution in [2.45, 2.75) is 58.0 Å². The Morgan fingerprint density at radius 3 is 2.48 bits per heavy atom. The summed E-state index contributed by atoms with van der Waals surface area (Å²) in [5, 5.41) is 13.5. The third-order valence-electron chi connectivity index (χ3n) is 5.18. The summed E-state index contributed by atoms with van der Waals surface area (Å²) in [7, 11) is -4.03. The van der Waals surface area contributed by atoms with Crippen LogP contribution in [0.5, 0.6) is 5.75 Å². The third kappa shape index (κ3) is 5.59. The Morgan fingerprint density at radius 2 is 1.85 bits per heavy atom. The second-order valence-corrected chi connectivity index (χ2v) is 11.2. The van der Waals surface area contributed by atoms with Crippen molar-refractivity contribution in [2.24, 2.45) is 5.92 Å². The molecule has 1 unspecified atom stereocenters. The van der Waals surface area contributed by atoms with Gasteiger partial charge in [0.05, 0.1) is 10.6 Å². The van der Waals surface area contributed by atoms with Crippen LogP contribution in [0.15, 0.2) is 29.2 Å². The topological polar surface area (TPSA) is 122 Å². The van der Waals surface area contributed by atoms with Crippen LogP contribution in [0.25, 0.3) is 0 Å². The van der Waals surface area contributed by atoms with Gasteiger partial charge in [0.25, 0.3) is 10.0 Å². The zero-order valence-corrected chi connectivity index (χ0v) is 20.6. The molecule has 33 heavy (non-hydrogen) atoms. The number of hydrogen-bond donors (Lipinski definition) is 3. The van der Waals surface area contributed by atoms with E-state index in [2.05, 4.69) is 10.0 Å². The molecule has 1 aliphatic heterocycles. The number of carbonyl (C=O) groups excluding carboxylic acids is 2. The summed E-state index contributed by atoms with van der Waals surface area (Å²) >= 11 is 6.07. The van der Waals surface area contributed by atoms with Gasteiger partial charge < -0.3 is 15.2 Å². The highest BCUT2D eigenvalue weighted by Gasteiger charge is 2.34. The first-order chi connectivity index (χ1) is 15.2. The van der Waals surface area contributed by atoms with E-state index in [1.165, 1.54) is 18.2 Å². The number of aromatic hydroxyl groups is 1. The van der Waals surface area contributed by atoms with Crippen LogP contribution in [0.4, 0.5) is 11.4 Å². The number of phenolic OH excluding ortho intramolecular Hbond substituents is 1. The molecule has 178 valence electrons. The maximum absolute atomic E-state index is 13.0. The predicted molar refractivity (Wildman–Crippen MR) is 126 cm³/mol. The quantitative estimate of drug-likeness (QED) is 0.331. The van der Waals surface area contributed by atoms with Crippen LogP contribution in [-0.4, -0.2) is 31.0 Å². The van der Waals surface area contributed by atoms with Crippen LogP contribution >= 0.6 is 11.6 Å². The summed E-state index contributed by atoms with van der Waals surface area (Å²) in [5.74, 6) is -2.55. The number of amides is 1. The highest BCUT2D eigenvalue weighted by atomic mass is 35.5. The average Bonchev–Trinajstić information content (AvgIpc) is 2.81. The van der Waals surface area contributed by atoms with Crippen LogP contribution in [0.2, 0.25) is 5.02 Å². The molecule has 1 heterocycles. The van der Waals surface area contributed by atoms with Gasteiger partial charge in [-0.25, -0.2) is 8.42 Å². The van der Waals surface area contributed by atoms with Crippen LogP contribution in [0, 0.1) is 19.8 Å². The van der Waals surface area contributed by atoms with Crippen molar-refractivity contribution in [3.63, 3.8) is 0 Å². The van der Waals surface area contributed by atoms with Crippen molar-refractivity contribution < 1.29 is 27.9 Å². The highest BCUT2D eigenvalue weighted by molar-refractivity contribution is 7.92. The maximum Gasteiger partial charge on any atom is 0.319 e. The summed E-state index contributed by atoms with van der Waals surface area (Å²) in [6, 6.07) is 5.75. The van der Waals surface area contributed by atoms with Crippen LogP contribution < -0.4 is 10.0 Å². The standard InChI is InChI=1S/C23H27ClN2O6S/c1-12-9-20(13(2)8-16(12)24)33(30,31)26-18-10-14-6-7-15(22(29)32-23(3,4)5)21(28)25-17(14)11-19(18)27/h8-11,15,26-27H,6-7H2,1-5H3,(H,25,28). The Bertz CT molecular complexity index is 1230. The van der Waals surface area contributed by atoms with E-state index >= 15 is 0 Å². The zero-order valence-electron chi connectivity index (χ0n) is 19.1. The normalized spacial score (nSPS) is 16.4. The fourth-order valence-electron chi connectivity index (χ4n) is 3.53. The van der Waals surface area contributed by atoms with Crippen molar-refractivity contribution in [1.82, 2.24) is 0 Å². The predicted octanol–water partition coefficient (Wildman–Crippen LogP) is 4.31. The van der Waals surface area contributed by atoms with E-state index in [1.807, 2.05) is 0 Å². The molecule has 1 aliphatic rings. The van der Waals surface area contributed by atoms with Crippen LogP contribution in [0.3, 0.4) is 0 Å². The summed E-state index contributed by atoms with van der Waals surface area (Å²) in [6.07, 6.45) is 0.478. The molecule has 0 aromatic heterocycles. The van der Waals surface area contributed by atoms with Gasteiger partial charge in [-0.3, -0.25) is 14.3 Å². The second-order valence-electron chi connectivity index (χ2n) is 9.11. The van der Waals surface area contributed by atoms with E-state index in [-0.39, 0.29) is 22.8 Å². The van der Waals surface area contributed by atoms with Crippen molar-refractivity contribution in [3.05, 3.63) is 46.0 Å². The number of esters is 1. The molecule has 0 radical (unpaired) electrons. The number of phenols is 1. The summed E-state index contributed by atoms with van der Waals surface area (Å²) in [4.78, 5) is 25.1. The van der Waals surface area contributed by atoms with E-state index in [1.54, 1.807) is 40.7 Å². The summed E-state index contributed by atoms with van der Waals surface area (Å²) in [5.41, 5.74) is 1.17. The van der Waals surface area contributed by atoms with Crippen LogP contribution in [0.1, 0.15) is 43.9 Å². The summed E-state index contributed by atoms with van der Waals surface area (Å²) in [6.45, 7) is 8.48. The van der Waals surface area contributed by atoms with Gasteiger partial charge in [-0.2, -0.15) is 0 Å². The van der Waals surface area contributed by atoms with Gasteiger partial charge in [-0.15, -0.1) is 0 Å². The third-order valence-corrected chi connectivity index (χ3v) is 7.09. The highest BCUT2D eigenvalue weighted by Crippen LogP contribution is 2.36. The first kappa shape index (κ1) is 24.9. The molecule has 0 bridgehead atoms. The van der Waals surface area contributed by atoms with Crippen molar-refractivity contribution >= 4 is 44.9 Å². The average molecular weight is 495 g/mol. The SMILES string of the molecule is Cc1cc(S(=O)(=O)Nc2cc3c(cc2O)NC(=O)C(C(=O)OC(C)(C)C)CC3)c(C)cc1Cl. The van der Waals surface area contributed by atoms with Gasteiger partial charge in [0.1, 0.15) is 17.3 Å². The maximum atomic E-state index is 13.0. The fraction of sp³-hybridized carbons (Fsp3) is 0.391. The molecule has 1 atom stereocenters. The molecule has 8 nitrogen and oxygen atoms in total. The molecule has 1 amide bonds. The number of sulfonamides is 1. The number of benzene rings is 2. The molecule has 2 aromatic carbocycles. The van der Waals surface area contributed by atoms with Crippen molar-refractivity contribution in [2.75, 3.05) is 10.0 Å². The molecule has 2 aromatic rings. The molecule has 0 fully saturated rings. The van der Waals surface area contributed by atoms with E-state index < -0.39 is 33.4 Å². The molecular formula is C23H27ClN2O6S. The number of carbonyl (C=O) groups is 2. The van der Waals surface area contributed by atoms with E-state index in [0.717, 1.165) is 0 Å². The number of rotatable bonds is 4. The Labute approximate surface area is 198 Å². The van der Waals surface area contributed by atoms with Crippen molar-refractivity contribution in [3.8, 4) is 5.75 Å². The Morgan fingerprint density at radius 1 is 1.18 bits per heavy atom. The lowest BCUT2D eigenvalue weighted by molar-refractivity contribution is -0.161. The lowest BCUT2D eigenvalue weighted by Crippen LogP contribution is -2.35. The molecule has 0 spiro atoms. The van der Waals surface area contributed by atoms with Crippen molar-refractivity contribution in [1.29, 1.82) is 0 Å². The molecule has 0 aliphatic carbocycles. The molecule has 0 saturated heterocycles. The molecule has 3 rings (SSSR count). The van der Waals surface area contributed by atoms with Gasteiger partial charge in [0.15, 0.2) is 0 Å². The number of halogens is 1. The van der Waals surface area contributed by atoms with Crippen LogP contribution in [-0.2, 0) is 30.8 Å². The first-order valence-electron chi connectivity index (χ1n) is 10.4. The molecule has 0 saturated carbocycles. The monoisotopic (exact) mass is 494 g/mol. The minimum atomic E-state index is -4.03. The van der Waals surface area contributed by atoms with E-state index in [4.69, 9.17) is 16.3 Å². The smallest absolute Gasteiger partial charge is 0.319 e. The van der Waals surface area contributed by atoms with E-state index in [9.17, 15) is 23.1 Å². The fourth-order valence-corrected chi connectivity index (χ4v) is 5.13. The lowest BCUT2D eigenvalue weighted by Gasteiger charge is -2.22. The van der Waals surface area contributed by atoms with Gasteiger partial charge in [0, 0.05) is 16.8 Å². The zero-order chi connectivity index (χ0) is 24.7. The number of ether oxygens (including phenoxy) is 1. The Balaban J connectivity index is 1.89. The minimum absolute atomic E-state index is 0.0364. The number of nitrogens with one attached hydrogen (secondary N) is 2. The summed E-state index contributed by atoms with van der Waals surface area (Å²) < 4.78 is 33.8. The largest absolute Gasteiger partial charge is 0.506 e. The number of anilines is 2. The Kier molecular flexibility index (Phi) is 6.68. The molecule has 3 N–H and O–H groups in total. The van der Waals surface area contributed by atoms with Gasteiger partial charge in [-0.1, -0.05) is 11.6 Å². The van der Waals surface area contributed by atoms with Gasteiger partial charge in [0.2, 0.25) is 5.91 Å². The molecular weight excluding hydrogens is 468 g/mol. The van der Waals surface area contributed by atoms with E-state index in [0.29, 0.717) is 33.8 Å². The molecule has 10 heteroatoms. The minimum Gasteiger partial charge on any atom is -0.506 e. The number of hydrogen-bond acceptors (Lipinski definition) is 6. The number of aryl methyl sites for hydroxylation is 3. The van der Waals surface area contributed by atoms with Gasteiger partial charge >= 0.3 is 5.97 Å². The lowest BCUT2D eigenvalue weighted by atomic mass is 10.00. The second kappa shape index (κ2) is 8.87. The van der Waals surface area contributed by atoms with Gasteiger partial charge in [-0.05, 0) is 82.3 Å². The first-order valence-corrected chi connectivity index (χ1v) is 12.2.